The van der Waals surface area contributed by atoms with E-state index >= 15 is 0 Å². The Hall–Kier alpha value is -0.140. The first-order chi connectivity index (χ1) is 6.07. The van der Waals surface area contributed by atoms with E-state index in [9.17, 15) is 8.78 Å². The van der Waals surface area contributed by atoms with Gasteiger partial charge in [0, 0.05) is 0 Å². The van der Waals surface area contributed by atoms with Gasteiger partial charge in [-0.3, -0.25) is 4.39 Å². The highest BCUT2D eigenvalue weighted by atomic mass is 19.1. The molecule has 0 saturated heterocycles. The van der Waals surface area contributed by atoms with Crippen molar-refractivity contribution in [1.82, 2.24) is 0 Å². The zero-order valence-electron chi connectivity index (χ0n) is 9.02. The summed E-state index contributed by atoms with van der Waals surface area (Å²) in [6, 6.07) is 0. The van der Waals surface area contributed by atoms with Gasteiger partial charge in [0.2, 0.25) is 0 Å². The van der Waals surface area contributed by atoms with Crippen molar-refractivity contribution in [2.45, 2.75) is 52.6 Å². The summed E-state index contributed by atoms with van der Waals surface area (Å²) in [5.74, 6) is 1.04. The van der Waals surface area contributed by atoms with E-state index in [1.54, 1.807) is 6.92 Å². The third-order valence-electron chi connectivity index (χ3n) is 2.78. The Morgan fingerprint density at radius 1 is 0.923 bits per heavy atom. The van der Waals surface area contributed by atoms with Crippen LogP contribution in [-0.4, -0.2) is 12.8 Å². The standard InChI is InChI=1S/C11H22F2/c1-9(5-4-8-12)10(2)6-7-11(3)13/h9-11H,4-8H2,1-3H3/t9?,10-,11-/m1/s1. The molecule has 0 amide bonds. The van der Waals surface area contributed by atoms with Gasteiger partial charge in [-0.2, -0.15) is 0 Å². The Labute approximate surface area is 80.7 Å². The van der Waals surface area contributed by atoms with Gasteiger partial charge in [-0.05, 0) is 44.4 Å². The lowest BCUT2D eigenvalue weighted by Crippen LogP contribution is -2.10. The van der Waals surface area contributed by atoms with E-state index in [0.717, 1.165) is 12.8 Å². The largest absolute Gasteiger partial charge is 0.251 e. The summed E-state index contributed by atoms with van der Waals surface area (Å²) in [5.41, 5.74) is 0. The predicted octanol–water partition coefficient (Wildman–Crippen LogP) is 4.15. The van der Waals surface area contributed by atoms with Crippen LogP contribution in [0.2, 0.25) is 0 Å². The molecule has 0 aromatic rings. The minimum Gasteiger partial charge on any atom is -0.251 e. The van der Waals surface area contributed by atoms with Crippen molar-refractivity contribution >= 4 is 0 Å². The van der Waals surface area contributed by atoms with Crippen molar-refractivity contribution in [2.24, 2.45) is 11.8 Å². The lowest BCUT2D eigenvalue weighted by molar-refractivity contribution is 0.268. The van der Waals surface area contributed by atoms with Crippen LogP contribution in [0, 0.1) is 11.8 Å². The normalized spacial score (nSPS) is 18.2. The molecule has 0 radical (unpaired) electrons. The van der Waals surface area contributed by atoms with E-state index in [-0.39, 0.29) is 6.67 Å². The number of alkyl halides is 2. The Balaban J connectivity index is 3.50. The predicted molar refractivity (Wildman–Crippen MR) is 53.3 cm³/mol. The average molecular weight is 192 g/mol. The molecule has 0 rings (SSSR count). The third kappa shape index (κ3) is 6.97. The van der Waals surface area contributed by atoms with Gasteiger partial charge in [-0.15, -0.1) is 0 Å². The number of halogens is 2. The molecule has 0 aliphatic heterocycles. The molecule has 0 heterocycles. The number of hydrogen-bond acceptors (Lipinski definition) is 0. The van der Waals surface area contributed by atoms with Crippen LogP contribution >= 0.6 is 0 Å². The van der Waals surface area contributed by atoms with Crippen molar-refractivity contribution in [1.29, 1.82) is 0 Å². The summed E-state index contributed by atoms with van der Waals surface area (Å²) in [6.45, 7) is 5.63. The average Bonchev–Trinajstić information content (AvgIpc) is 2.10. The van der Waals surface area contributed by atoms with Gasteiger partial charge in [-0.25, -0.2) is 4.39 Å². The lowest BCUT2D eigenvalue weighted by Gasteiger charge is -2.19. The molecule has 0 saturated carbocycles. The molecule has 3 atom stereocenters. The Kier molecular flexibility index (Phi) is 7.20. The van der Waals surface area contributed by atoms with Gasteiger partial charge >= 0.3 is 0 Å². The van der Waals surface area contributed by atoms with E-state index in [2.05, 4.69) is 13.8 Å². The SMILES string of the molecule is CC(CCCF)[C@H](C)CC[C@@H](C)F. The fraction of sp³-hybridized carbons (Fsp3) is 1.00. The minimum absolute atomic E-state index is 0.226. The molecule has 0 spiro atoms. The number of hydrogen-bond donors (Lipinski definition) is 0. The van der Waals surface area contributed by atoms with Crippen molar-refractivity contribution in [3.05, 3.63) is 0 Å². The summed E-state index contributed by atoms with van der Waals surface area (Å²) in [6.07, 6.45) is 2.44. The highest BCUT2D eigenvalue weighted by molar-refractivity contribution is 4.63. The monoisotopic (exact) mass is 192 g/mol. The smallest absolute Gasteiger partial charge is 0.0973 e. The molecule has 0 bridgehead atoms. The fourth-order valence-corrected chi connectivity index (χ4v) is 1.46. The van der Waals surface area contributed by atoms with Crippen molar-refractivity contribution < 1.29 is 8.78 Å². The van der Waals surface area contributed by atoms with Gasteiger partial charge in [0.1, 0.15) is 0 Å². The van der Waals surface area contributed by atoms with Crippen molar-refractivity contribution in [2.75, 3.05) is 6.67 Å². The first-order valence-corrected chi connectivity index (χ1v) is 5.28. The lowest BCUT2D eigenvalue weighted by atomic mass is 9.88. The zero-order valence-corrected chi connectivity index (χ0v) is 9.02. The molecule has 0 aromatic heterocycles. The summed E-state index contributed by atoms with van der Waals surface area (Å²) >= 11 is 0. The van der Waals surface area contributed by atoms with E-state index in [4.69, 9.17) is 0 Å². The summed E-state index contributed by atoms with van der Waals surface area (Å²) < 4.78 is 24.4. The van der Waals surface area contributed by atoms with Gasteiger partial charge in [0.25, 0.3) is 0 Å². The second-order valence-electron chi connectivity index (χ2n) is 4.14. The molecule has 0 aliphatic carbocycles. The van der Waals surface area contributed by atoms with Crippen LogP contribution in [0.5, 0.6) is 0 Å². The zero-order chi connectivity index (χ0) is 10.3. The second kappa shape index (κ2) is 7.28. The highest BCUT2D eigenvalue weighted by Gasteiger charge is 2.12. The van der Waals surface area contributed by atoms with Crippen LogP contribution in [0.1, 0.15) is 46.5 Å². The Morgan fingerprint density at radius 2 is 1.46 bits per heavy atom. The van der Waals surface area contributed by atoms with Crippen LogP contribution < -0.4 is 0 Å². The topological polar surface area (TPSA) is 0 Å². The maximum Gasteiger partial charge on any atom is 0.0973 e. The van der Waals surface area contributed by atoms with Gasteiger partial charge < -0.3 is 0 Å². The van der Waals surface area contributed by atoms with Gasteiger partial charge in [0.05, 0.1) is 12.8 Å². The first kappa shape index (κ1) is 12.9. The van der Waals surface area contributed by atoms with Gasteiger partial charge in [-0.1, -0.05) is 13.8 Å². The van der Waals surface area contributed by atoms with E-state index in [1.165, 1.54) is 0 Å². The molecule has 0 aliphatic rings. The van der Waals surface area contributed by atoms with Crippen molar-refractivity contribution in [3.8, 4) is 0 Å². The molecule has 80 valence electrons. The first-order valence-electron chi connectivity index (χ1n) is 5.28. The summed E-state index contributed by atoms with van der Waals surface area (Å²) in [4.78, 5) is 0. The van der Waals surface area contributed by atoms with Gasteiger partial charge in [0.15, 0.2) is 0 Å². The second-order valence-corrected chi connectivity index (χ2v) is 4.14. The number of rotatable bonds is 7. The van der Waals surface area contributed by atoms with Crippen molar-refractivity contribution in [3.63, 3.8) is 0 Å². The molecule has 0 nitrogen and oxygen atoms in total. The van der Waals surface area contributed by atoms with E-state index < -0.39 is 6.17 Å². The molecular weight excluding hydrogens is 170 g/mol. The van der Waals surface area contributed by atoms with Crippen LogP contribution in [0.3, 0.4) is 0 Å². The molecule has 1 unspecified atom stereocenters. The Morgan fingerprint density at radius 3 is 1.92 bits per heavy atom. The summed E-state index contributed by atoms with van der Waals surface area (Å²) in [7, 11) is 0. The Bertz CT molecular complexity index is 113. The van der Waals surface area contributed by atoms with Crippen LogP contribution in [0.25, 0.3) is 0 Å². The minimum atomic E-state index is -0.698. The van der Waals surface area contributed by atoms with E-state index in [0.29, 0.717) is 24.7 Å². The highest BCUT2D eigenvalue weighted by Crippen LogP contribution is 2.22. The van der Waals surface area contributed by atoms with Crippen LogP contribution in [-0.2, 0) is 0 Å². The fourth-order valence-electron chi connectivity index (χ4n) is 1.46. The summed E-state index contributed by atoms with van der Waals surface area (Å²) in [5, 5.41) is 0. The molecular formula is C11H22F2. The molecule has 2 heteroatoms. The van der Waals surface area contributed by atoms with Crippen LogP contribution in [0.15, 0.2) is 0 Å². The van der Waals surface area contributed by atoms with E-state index in [1.807, 2.05) is 0 Å². The van der Waals surface area contributed by atoms with Crippen LogP contribution in [0.4, 0.5) is 8.78 Å². The molecule has 0 N–H and O–H groups in total. The third-order valence-corrected chi connectivity index (χ3v) is 2.78. The maximum absolute atomic E-state index is 12.5. The maximum atomic E-state index is 12.5. The molecule has 0 aromatic carbocycles. The molecule has 0 fully saturated rings. The quantitative estimate of drug-likeness (QED) is 0.568. The molecule has 13 heavy (non-hydrogen) atoms.